The van der Waals surface area contributed by atoms with Crippen LogP contribution in [0.1, 0.15) is 45.9 Å². The highest BCUT2D eigenvalue weighted by Crippen LogP contribution is 2.35. The first-order valence-electron chi connectivity index (χ1n) is 11.0. The molecule has 1 aliphatic rings. The molecule has 4 rings (SSSR count). The average molecular weight is 462 g/mol. The molecule has 0 aromatic heterocycles. The standard InChI is InChI=1S/C27H28ClN3O2/c1-18(20-10-12-21(28)13-11-20)17-31-25(23-6-4-5-7-24(23)27(31)33)26(32)29-16-19-8-14-22(15-9-19)30(2)3/h4-15,18,25H,16-17H2,1-3H3,(H,29,32). The van der Waals surface area contributed by atoms with Gasteiger partial charge in [0.05, 0.1) is 0 Å². The number of halogens is 1. The van der Waals surface area contributed by atoms with Gasteiger partial charge >= 0.3 is 0 Å². The van der Waals surface area contributed by atoms with Gasteiger partial charge in [0.1, 0.15) is 6.04 Å². The van der Waals surface area contributed by atoms with Gasteiger partial charge in [-0.3, -0.25) is 9.59 Å². The maximum Gasteiger partial charge on any atom is 0.255 e. The smallest absolute Gasteiger partial charge is 0.255 e. The van der Waals surface area contributed by atoms with Crippen molar-refractivity contribution in [2.24, 2.45) is 0 Å². The number of nitrogens with one attached hydrogen (secondary N) is 1. The third kappa shape index (κ3) is 4.88. The van der Waals surface area contributed by atoms with Crippen molar-refractivity contribution in [2.45, 2.75) is 25.4 Å². The quantitative estimate of drug-likeness (QED) is 0.537. The lowest BCUT2D eigenvalue weighted by Gasteiger charge is -2.27. The van der Waals surface area contributed by atoms with Gasteiger partial charge < -0.3 is 15.1 Å². The zero-order chi connectivity index (χ0) is 23.5. The monoisotopic (exact) mass is 461 g/mol. The van der Waals surface area contributed by atoms with Crippen molar-refractivity contribution >= 4 is 29.1 Å². The fourth-order valence-corrected chi connectivity index (χ4v) is 4.36. The highest BCUT2D eigenvalue weighted by atomic mass is 35.5. The Bertz CT molecular complexity index is 1140. The summed E-state index contributed by atoms with van der Waals surface area (Å²) < 4.78 is 0. The molecule has 0 saturated carbocycles. The maximum atomic E-state index is 13.3. The van der Waals surface area contributed by atoms with Crippen LogP contribution in [0.25, 0.3) is 0 Å². The number of anilines is 1. The largest absolute Gasteiger partial charge is 0.378 e. The van der Waals surface area contributed by atoms with Gasteiger partial charge in [-0.05, 0) is 52.9 Å². The molecular formula is C27H28ClN3O2. The summed E-state index contributed by atoms with van der Waals surface area (Å²) in [6, 6.07) is 22.4. The molecule has 0 spiro atoms. The molecule has 0 aliphatic carbocycles. The molecule has 0 radical (unpaired) electrons. The van der Waals surface area contributed by atoms with E-state index in [4.69, 9.17) is 11.6 Å². The SMILES string of the molecule is CC(CN1C(=O)c2ccccc2C1C(=O)NCc1ccc(N(C)C)cc1)c1ccc(Cl)cc1. The summed E-state index contributed by atoms with van der Waals surface area (Å²) in [4.78, 5) is 30.3. The second-order valence-corrected chi connectivity index (χ2v) is 9.12. The third-order valence-corrected chi connectivity index (χ3v) is 6.39. The van der Waals surface area contributed by atoms with E-state index >= 15 is 0 Å². The number of benzene rings is 3. The summed E-state index contributed by atoms with van der Waals surface area (Å²) in [6.45, 7) is 2.89. The molecule has 1 heterocycles. The molecule has 3 aromatic carbocycles. The molecule has 1 N–H and O–H groups in total. The van der Waals surface area contributed by atoms with Crippen LogP contribution in [-0.2, 0) is 11.3 Å². The minimum absolute atomic E-state index is 0.0504. The number of nitrogens with zero attached hydrogens (tertiary/aromatic N) is 2. The third-order valence-electron chi connectivity index (χ3n) is 6.14. The van der Waals surface area contributed by atoms with E-state index in [2.05, 4.69) is 12.2 Å². The van der Waals surface area contributed by atoms with Crippen LogP contribution in [0.4, 0.5) is 5.69 Å². The summed E-state index contributed by atoms with van der Waals surface area (Å²) >= 11 is 6.02. The van der Waals surface area contributed by atoms with Gasteiger partial charge in [0.25, 0.3) is 5.91 Å². The van der Waals surface area contributed by atoms with Gasteiger partial charge in [0.15, 0.2) is 0 Å². The predicted octanol–water partition coefficient (Wildman–Crippen LogP) is 5.02. The van der Waals surface area contributed by atoms with E-state index in [-0.39, 0.29) is 17.7 Å². The lowest BCUT2D eigenvalue weighted by molar-refractivity contribution is -0.125. The van der Waals surface area contributed by atoms with Crippen molar-refractivity contribution in [3.8, 4) is 0 Å². The Morgan fingerprint density at radius 1 is 1.03 bits per heavy atom. The van der Waals surface area contributed by atoms with E-state index in [9.17, 15) is 9.59 Å². The summed E-state index contributed by atoms with van der Waals surface area (Å²) in [5.74, 6) is -0.232. The fraction of sp³-hybridized carbons (Fsp3) is 0.259. The lowest BCUT2D eigenvalue weighted by atomic mass is 9.99. The van der Waals surface area contributed by atoms with Crippen LogP contribution >= 0.6 is 11.6 Å². The topological polar surface area (TPSA) is 52.7 Å². The van der Waals surface area contributed by atoms with Gasteiger partial charge in [-0.1, -0.05) is 61.0 Å². The van der Waals surface area contributed by atoms with Crippen molar-refractivity contribution in [3.63, 3.8) is 0 Å². The first-order chi connectivity index (χ1) is 15.8. The maximum absolute atomic E-state index is 13.3. The van der Waals surface area contributed by atoms with Crippen molar-refractivity contribution < 1.29 is 9.59 Å². The van der Waals surface area contributed by atoms with E-state index in [1.165, 1.54) is 0 Å². The van der Waals surface area contributed by atoms with Gasteiger partial charge in [-0.2, -0.15) is 0 Å². The summed E-state index contributed by atoms with van der Waals surface area (Å²) in [5, 5.41) is 3.71. The number of fused-ring (bicyclic) bond motifs is 1. The second kappa shape index (κ2) is 9.67. The van der Waals surface area contributed by atoms with Crippen LogP contribution in [0.5, 0.6) is 0 Å². The van der Waals surface area contributed by atoms with E-state index in [0.29, 0.717) is 23.7 Å². The molecule has 0 saturated heterocycles. The number of hydrogen-bond acceptors (Lipinski definition) is 3. The summed E-state index contributed by atoms with van der Waals surface area (Å²) in [6.07, 6.45) is 0. The van der Waals surface area contributed by atoms with E-state index in [1.54, 1.807) is 11.0 Å². The van der Waals surface area contributed by atoms with Crippen LogP contribution in [0.2, 0.25) is 5.02 Å². The Labute approximate surface area is 200 Å². The molecule has 0 fully saturated rings. The highest BCUT2D eigenvalue weighted by molar-refractivity contribution is 6.30. The molecule has 5 nitrogen and oxygen atoms in total. The van der Waals surface area contributed by atoms with Gasteiger partial charge in [0, 0.05) is 43.5 Å². The van der Waals surface area contributed by atoms with E-state index < -0.39 is 6.04 Å². The van der Waals surface area contributed by atoms with Crippen molar-refractivity contribution in [1.82, 2.24) is 10.2 Å². The van der Waals surface area contributed by atoms with Gasteiger partial charge in [0.2, 0.25) is 5.91 Å². The molecule has 2 amide bonds. The molecule has 33 heavy (non-hydrogen) atoms. The zero-order valence-electron chi connectivity index (χ0n) is 19.1. The molecule has 2 atom stereocenters. The molecule has 170 valence electrons. The van der Waals surface area contributed by atoms with Crippen LogP contribution in [0, 0.1) is 0 Å². The molecule has 2 unspecified atom stereocenters. The lowest BCUT2D eigenvalue weighted by Crippen LogP contribution is -2.40. The molecule has 1 aliphatic heterocycles. The van der Waals surface area contributed by atoms with Crippen molar-refractivity contribution in [2.75, 3.05) is 25.5 Å². The second-order valence-electron chi connectivity index (χ2n) is 8.68. The first-order valence-corrected chi connectivity index (χ1v) is 11.4. The average Bonchev–Trinajstić information content (AvgIpc) is 3.09. The molecule has 6 heteroatoms. The first kappa shape index (κ1) is 22.9. The van der Waals surface area contributed by atoms with E-state index in [0.717, 1.165) is 22.4 Å². The Hall–Kier alpha value is -3.31. The Balaban J connectivity index is 1.53. The van der Waals surface area contributed by atoms with Crippen molar-refractivity contribution in [1.29, 1.82) is 0 Å². The minimum Gasteiger partial charge on any atom is -0.378 e. The molecule has 0 bridgehead atoms. The minimum atomic E-state index is -0.649. The number of carbonyl (C=O) groups is 2. The molecular weight excluding hydrogens is 434 g/mol. The predicted molar refractivity (Wildman–Crippen MR) is 133 cm³/mol. The summed E-state index contributed by atoms with van der Waals surface area (Å²) in [5.41, 5.74) is 4.53. The fourth-order valence-electron chi connectivity index (χ4n) is 4.23. The highest BCUT2D eigenvalue weighted by Gasteiger charge is 2.41. The number of amides is 2. The number of carbonyl (C=O) groups excluding carboxylic acids is 2. The molecule has 3 aromatic rings. The Kier molecular flexibility index (Phi) is 6.70. The van der Waals surface area contributed by atoms with Gasteiger partial charge in [-0.15, -0.1) is 0 Å². The Morgan fingerprint density at radius 3 is 2.36 bits per heavy atom. The summed E-state index contributed by atoms with van der Waals surface area (Å²) in [7, 11) is 3.98. The van der Waals surface area contributed by atoms with E-state index in [1.807, 2.05) is 85.7 Å². The number of rotatable bonds is 7. The van der Waals surface area contributed by atoms with Crippen LogP contribution < -0.4 is 10.2 Å². The van der Waals surface area contributed by atoms with Crippen LogP contribution in [0.15, 0.2) is 72.8 Å². The zero-order valence-corrected chi connectivity index (χ0v) is 19.8. The van der Waals surface area contributed by atoms with Crippen LogP contribution in [-0.4, -0.2) is 37.4 Å². The van der Waals surface area contributed by atoms with Gasteiger partial charge in [-0.25, -0.2) is 0 Å². The Morgan fingerprint density at radius 2 is 1.70 bits per heavy atom. The normalized spacial score (nSPS) is 15.8. The van der Waals surface area contributed by atoms with Crippen molar-refractivity contribution in [3.05, 3.63) is 100 Å². The van der Waals surface area contributed by atoms with Crippen LogP contribution in [0.3, 0.4) is 0 Å². The number of hydrogen-bond donors (Lipinski definition) is 1.